The van der Waals surface area contributed by atoms with Crippen LogP contribution in [0.2, 0.25) is 0 Å². The van der Waals surface area contributed by atoms with Crippen molar-refractivity contribution in [1.82, 2.24) is 14.7 Å². The molecule has 1 aliphatic heterocycles. The van der Waals surface area contributed by atoms with E-state index in [1.54, 1.807) is 6.20 Å². The summed E-state index contributed by atoms with van der Waals surface area (Å²) in [6.45, 7) is 4.46. The van der Waals surface area contributed by atoms with Crippen molar-refractivity contribution in [3.63, 3.8) is 0 Å². The molecule has 3 aromatic rings. The minimum atomic E-state index is -0.493. The fourth-order valence-electron chi connectivity index (χ4n) is 3.57. The highest BCUT2D eigenvalue weighted by Gasteiger charge is 2.18. The predicted molar refractivity (Wildman–Crippen MR) is 111 cm³/mol. The summed E-state index contributed by atoms with van der Waals surface area (Å²) in [6, 6.07) is 10.9. The van der Waals surface area contributed by atoms with Gasteiger partial charge in [-0.3, -0.25) is 9.20 Å². The van der Waals surface area contributed by atoms with Gasteiger partial charge in [0.2, 0.25) is 0 Å². The van der Waals surface area contributed by atoms with E-state index in [4.69, 9.17) is 0 Å². The predicted octanol–water partition coefficient (Wildman–Crippen LogP) is 2.36. The highest BCUT2D eigenvalue weighted by atomic mass is 19.1. The fourth-order valence-corrected chi connectivity index (χ4v) is 3.57. The van der Waals surface area contributed by atoms with Crippen molar-refractivity contribution >= 4 is 17.0 Å². The van der Waals surface area contributed by atoms with E-state index in [1.807, 2.05) is 43.3 Å². The number of rotatable bonds is 3. The van der Waals surface area contributed by atoms with Crippen molar-refractivity contribution in [1.29, 1.82) is 0 Å². The number of anilines is 2. The number of nitrogens with zero attached hydrogens (tertiary/aromatic N) is 4. The van der Waals surface area contributed by atoms with Gasteiger partial charge in [0.15, 0.2) is 11.5 Å². The largest absolute Gasteiger partial charge is 0.378 e. The number of halogens is 1. The first kappa shape index (κ1) is 18.4. The first-order valence-corrected chi connectivity index (χ1v) is 9.41. The summed E-state index contributed by atoms with van der Waals surface area (Å²) in [4.78, 5) is 21.2. The van der Waals surface area contributed by atoms with Crippen LogP contribution in [0.3, 0.4) is 0 Å². The molecule has 1 aliphatic rings. The average molecular weight is 381 g/mol. The number of hydrogen-bond acceptors (Lipinski definition) is 5. The van der Waals surface area contributed by atoms with Gasteiger partial charge in [-0.15, -0.1) is 0 Å². The number of pyridine rings is 1. The second-order valence-electron chi connectivity index (χ2n) is 7.46. The maximum Gasteiger partial charge on any atom is 0.258 e. The summed E-state index contributed by atoms with van der Waals surface area (Å²) < 4.78 is 16.2. The van der Waals surface area contributed by atoms with Crippen LogP contribution < -0.4 is 20.7 Å². The van der Waals surface area contributed by atoms with Crippen LogP contribution in [-0.2, 0) is 0 Å². The Bertz CT molecular complexity index is 1060. The van der Waals surface area contributed by atoms with Crippen molar-refractivity contribution in [2.45, 2.75) is 13.0 Å². The van der Waals surface area contributed by atoms with Crippen LogP contribution in [0.4, 0.5) is 15.8 Å². The third kappa shape index (κ3) is 3.45. The van der Waals surface area contributed by atoms with E-state index in [-0.39, 0.29) is 11.2 Å². The molecule has 0 amide bonds. The number of benzene rings is 1. The molecule has 0 saturated carbocycles. The van der Waals surface area contributed by atoms with Crippen LogP contribution in [-0.4, -0.2) is 49.2 Å². The Morgan fingerprint density at radius 2 is 1.96 bits per heavy atom. The Morgan fingerprint density at radius 1 is 1.21 bits per heavy atom. The zero-order valence-electron chi connectivity index (χ0n) is 16.3. The topological polar surface area (TPSA) is 52.9 Å². The molecular weight excluding hydrogens is 357 g/mol. The van der Waals surface area contributed by atoms with Crippen LogP contribution >= 0.6 is 0 Å². The molecule has 0 aliphatic carbocycles. The quantitative estimate of drug-likeness (QED) is 0.755. The lowest BCUT2D eigenvalue weighted by molar-refractivity contribution is 0.483. The van der Waals surface area contributed by atoms with Gasteiger partial charge in [-0.2, -0.15) is 0 Å². The van der Waals surface area contributed by atoms with Gasteiger partial charge in [0.25, 0.3) is 5.56 Å². The van der Waals surface area contributed by atoms with E-state index in [0.29, 0.717) is 17.4 Å². The third-order valence-electron chi connectivity index (χ3n) is 5.12. The van der Waals surface area contributed by atoms with Crippen molar-refractivity contribution in [3.05, 3.63) is 58.8 Å². The second kappa shape index (κ2) is 7.24. The molecule has 1 aromatic carbocycles. The summed E-state index contributed by atoms with van der Waals surface area (Å²) in [7, 11) is 3.92. The molecule has 2 aromatic heterocycles. The van der Waals surface area contributed by atoms with Gasteiger partial charge in [-0.05, 0) is 19.1 Å². The van der Waals surface area contributed by atoms with E-state index >= 15 is 0 Å². The van der Waals surface area contributed by atoms with E-state index < -0.39 is 5.82 Å². The molecular formula is C21H24FN5O. The molecule has 7 heteroatoms. The van der Waals surface area contributed by atoms with Crippen LogP contribution in [0.25, 0.3) is 16.9 Å². The first-order chi connectivity index (χ1) is 13.4. The number of fused-ring (bicyclic) bond motifs is 1. The van der Waals surface area contributed by atoms with E-state index in [9.17, 15) is 9.18 Å². The average Bonchev–Trinajstić information content (AvgIpc) is 2.68. The van der Waals surface area contributed by atoms with Gasteiger partial charge in [0.05, 0.1) is 11.4 Å². The fraction of sp³-hybridized carbons (Fsp3) is 0.333. The van der Waals surface area contributed by atoms with Crippen LogP contribution in [0.15, 0.2) is 47.4 Å². The van der Waals surface area contributed by atoms with E-state index in [1.165, 1.54) is 16.5 Å². The zero-order valence-corrected chi connectivity index (χ0v) is 16.3. The van der Waals surface area contributed by atoms with Gasteiger partial charge in [-0.25, -0.2) is 9.37 Å². The zero-order chi connectivity index (χ0) is 19.8. The van der Waals surface area contributed by atoms with Crippen LogP contribution in [0, 0.1) is 5.82 Å². The maximum absolute atomic E-state index is 14.9. The van der Waals surface area contributed by atoms with Crippen molar-refractivity contribution in [2.75, 3.05) is 43.5 Å². The monoisotopic (exact) mass is 381 g/mol. The molecule has 146 valence electrons. The number of piperazine rings is 1. The molecule has 3 heterocycles. The van der Waals surface area contributed by atoms with Crippen molar-refractivity contribution in [3.8, 4) is 11.3 Å². The molecule has 4 rings (SSSR count). The summed E-state index contributed by atoms with van der Waals surface area (Å²) in [5.41, 5.74) is 2.75. The molecule has 0 radical (unpaired) electrons. The van der Waals surface area contributed by atoms with Crippen molar-refractivity contribution < 1.29 is 4.39 Å². The van der Waals surface area contributed by atoms with E-state index in [2.05, 4.69) is 22.1 Å². The second-order valence-corrected chi connectivity index (χ2v) is 7.46. The minimum absolute atomic E-state index is 0.0473. The Balaban J connectivity index is 1.76. The molecule has 1 saturated heterocycles. The molecule has 0 spiro atoms. The Labute approximate surface area is 163 Å². The molecule has 1 fully saturated rings. The molecule has 28 heavy (non-hydrogen) atoms. The number of hydrogen-bond donors (Lipinski definition) is 1. The van der Waals surface area contributed by atoms with Gasteiger partial charge in [-0.1, -0.05) is 12.1 Å². The van der Waals surface area contributed by atoms with Gasteiger partial charge < -0.3 is 15.1 Å². The standard InChI is InChI=1S/C21H24FN5O/c1-14-12-26(9-8-23-14)17-10-18(22)21-24-19(11-20(28)27(21)13-17)15-4-6-16(7-5-15)25(2)3/h4-7,10-11,13-14,23H,8-9,12H2,1-3H3. The number of nitrogens with one attached hydrogen (secondary N) is 1. The highest BCUT2D eigenvalue weighted by Crippen LogP contribution is 2.23. The summed E-state index contributed by atoms with van der Waals surface area (Å²) in [6.07, 6.45) is 1.69. The first-order valence-electron chi connectivity index (χ1n) is 9.41. The number of aromatic nitrogens is 2. The highest BCUT2D eigenvalue weighted by molar-refractivity contribution is 5.65. The lowest BCUT2D eigenvalue weighted by Crippen LogP contribution is -2.49. The Kier molecular flexibility index (Phi) is 4.77. The molecule has 1 atom stereocenters. The summed E-state index contributed by atoms with van der Waals surface area (Å²) >= 11 is 0. The van der Waals surface area contributed by atoms with Crippen LogP contribution in [0.1, 0.15) is 6.92 Å². The molecule has 1 unspecified atom stereocenters. The van der Waals surface area contributed by atoms with Crippen LogP contribution in [0.5, 0.6) is 0 Å². The smallest absolute Gasteiger partial charge is 0.258 e. The third-order valence-corrected chi connectivity index (χ3v) is 5.12. The van der Waals surface area contributed by atoms with Gasteiger partial charge >= 0.3 is 0 Å². The summed E-state index contributed by atoms with van der Waals surface area (Å²) in [5.74, 6) is -0.493. The summed E-state index contributed by atoms with van der Waals surface area (Å²) in [5, 5.41) is 3.36. The molecule has 6 nitrogen and oxygen atoms in total. The maximum atomic E-state index is 14.9. The van der Waals surface area contributed by atoms with Gasteiger partial charge in [0.1, 0.15) is 0 Å². The lowest BCUT2D eigenvalue weighted by atomic mass is 10.1. The van der Waals surface area contributed by atoms with Crippen molar-refractivity contribution in [2.24, 2.45) is 0 Å². The SMILES string of the molecule is CC1CN(c2cc(F)c3nc(-c4ccc(N(C)C)cc4)cc(=O)n3c2)CCN1. The van der Waals surface area contributed by atoms with E-state index in [0.717, 1.165) is 30.9 Å². The Morgan fingerprint density at radius 3 is 2.64 bits per heavy atom. The Hall–Kier alpha value is -2.93. The van der Waals surface area contributed by atoms with Gasteiger partial charge in [0, 0.05) is 69.4 Å². The molecule has 1 N–H and O–H groups in total. The lowest BCUT2D eigenvalue weighted by Gasteiger charge is -2.33. The molecule has 0 bridgehead atoms. The normalized spacial score (nSPS) is 17.1. The minimum Gasteiger partial charge on any atom is -0.378 e.